The molecule has 0 bridgehead atoms. The van der Waals surface area contributed by atoms with Crippen LogP contribution in [0, 0.1) is 11.3 Å². The smallest absolute Gasteiger partial charge is 0.422 e. The predicted molar refractivity (Wildman–Crippen MR) is 142 cm³/mol. The van der Waals surface area contributed by atoms with Crippen LogP contribution in [-0.4, -0.2) is 25.2 Å². The highest BCUT2D eigenvalue weighted by molar-refractivity contribution is 7.84. The van der Waals surface area contributed by atoms with Crippen LogP contribution in [0.15, 0.2) is 72.8 Å². The van der Waals surface area contributed by atoms with E-state index < -0.39 is 27.9 Å². The Labute approximate surface area is 214 Å². The number of carbonyl (C=O) groups excluding carboxylic acids is 1. The monoisotopic (exact) mass is 509 g/mol. The minimum atomic E-state index is -4.70. The summed E-state index contributed by atoms with van der Waals surface area (Å²) >= 11 is 0. The van der Waals surface area contributed by atoms with Crippen molar-refractivity contribution in [3.05, 3.63) is 83.9 Å². The molecule has 0 radical (unpaired) electrons. The van der Waals surface area contributed by atoms with Crippen LogP contribution in [0.1, 0.15) is 69.4 Å². The van der Waals surface area contributed by atoms with Gasteiger partial charge in [0.15, 0.2) is 0 Å². The second kappa shape index (κ2) is 11.0. The number of rotatable bonds is 10. The third kappa shape index (κ3) is 5.42. The zero-order chi connectivity index (χ0) is 25.8. The third-order valence-electron chi connectivity index (χ3n) is 7.70. The molecule has 0 aliphatic heterocycles. The molecule has 2 aromatic carbocycles. The van der Waals surface area contributed by atoms with Gasteiger partial charge in [0.1, 0.15) is 6.10 Å². The Morgan fingerprint density at radius 1 is 1.08 bits per heavy atom. The van der Waals surface area contributed by atoms with E-state index in [0.717, 1.165) is 48.8 Å². The van der Waals surface area contributed by atoms with Crippen LogP contribution >= 0.6 is 0 Å². The van der Waals surface area contributed by atoms with Crippen LogP contribution in [0.4, 0.5) is 4.79 Å². The van der Waals surface area contributed by atoms with Gasteiger partial charge in [-0.1, -0.05) is 99.0 Å². The van der Waals surface area contributed by atoms with Crippen LogP contribution in [0.5, 0.6) is 0 Å². The zero-order valence-corrected chi connectivity index (χ0v) is 21.6. The minimum Gasteiger partial charge on any atom is -0.445 e. The maximum absolute atomic E-state index is 12.3. The summed E-state index contributed by atoms with van der Waals surface area (Å²) < 4.78 is 38.6. The van der Waals surface area contributed by atoms with Crippen molar-refractivity contribution >= 4 is 27.5 Å². The molecule has 1 unspecified atom stereocenters. The summed E-state index contributed by atoms with van der Waals surface area (Å²) in [5.41, 5.74) is 5.41. The van der Waals surface area contributed by atoms with Crippen LogP contribution < -0.4 is 4.72 Å². The van der Waals surface area contributed by atoms with Crippen molar-refractivity contribution in [2.45, 2.75) is 64.4 Å². The van der Waals surface area contributed by atoms with Gasteiger partial charge >= 0.3 is 16.4 Å². The lowest BCUT2D eigenvalue weighted by atomic mass is 9.66. The van der Waals surface area contributed by atoms with E-state index in [9.17, 15) is 13.2 Å². The molecule has 6 nitrogen and oxygen atoms in total. The average molecular weight is 510 g/mol. The zero-order valence-electron chi connectivity index (χ0n) is 20.8. The summed E-state index contributed by atoms with van der Waals surface area (Å²) in [6, 6.07) is 20.5. The number of fused-ring (bicyclic) bond motifs is 1. The molecular formula is C29H35NO5S. The fourth-order valence-corrected chi connectivity index (χ4v) is 6.52. The molecule has 0 aromatic heterocycles. The van der Waals surface area contributed by atoms with Gasteiger partial charge in [-0.2, -0.15) is 13.1 Å². The van der Waals surface area contributed by atoms with E-state index in [1.807, 2.05) is 36.4 Å². The van der Waals surface area contributed by atoms with E-state index in [-0.39, 0.29) is 5.92 Å². The molecule has 2 aromatic rings. The molecule has 2 aliphatic carbocycles. The number of carbonyl (C=O) groups is 1. The predicted octanol–water partition coefficient (Wildman–Crippen LogP) is 6.82. The summed E-state index contributed by atoms with van der Waals surface area (Å²) in [6.45, 7) is 6.81. The Hall–Kier alpha value is -2.90. The van der Waals surface area contributed by atoms with Gasteiger partial charge in [-0.25, -0.2) is 4.79 Å². The number of nitrogens with one attached hydrogen (secondary N) is 1. The third-order valence-corrected chi connectivity index (χ3v) is 8.12. The van der Waals surface area contributed by atoms with Crippen molar-refractivity contribution < 1.29 is 22.5 Å². The maximum atomic E-state index is 12.3. The quantitative estimate of drug-likeness (QED) is 0.271. The molecule has 0 saturated heterocycles. The van der Waals surface area contributed by atoms with E-state index in [1.165, 1.54) is 28.7 Å². The highest BCUT2D eigenvalue weighted by atomic mass is 32.2. The van der Waals surface area contributed by atoms with Crippen molar-refractivity contribution in [3.8, 4) is 0 Å². The number of hydrogen-bond acceptors (Lipinski definition) is 4. The number of hydrogen-bond donors (Lipinski definition) is 2. The van der Waals surface area contributed by atoms with Crippen LogP contribution in [0.2, 0.25) is 0 Å². The van der Waals surface area contributed by atoms with E-state index in [2.05, 4.69) is 37.8 Å². The van der Waals surface area contributed by atoms with E-state index in [0.29, 0.717) is 6.42 Å². The Bertz CT molecular complexity index is 1220. The molecule has 7 heteroatoms. The normalized spacial score (nSPS) is 23.4. The molecule has 0 spiro atoms. The molecule has 192 valence electrons. The first-order chi connectivity index (χ1) is 17.3. The van der Waals surface area contributed by atoms with Gasteiger partial charge in [-0.05, 0) is 54.4 Å². The first-order valence-electron chi connectivity index (χ1n) is 12.7. The highest BCUT2D eigenvalue weighted by Crippen LogP contribution is 2.66. The fourth-order valence-electron chi connectivity index (χ4n) is 6.26. The summed E-state index contributed by atoms with van der Waals surface area (Å²) in [6.07, 6.45) is 6.00. The number of amides is 1. The lowest BCUT2D eigenvalue weighted by Crippen LogP contribution is -2.36. The van der Waals surface area contributed by atoms with Crippen LogP contribution in [-0.2, 0) is 15.0 Å². The first-order valence-corrected chi connectivity index (χ1v) is 14.2. The summed E-state index contributed by atoms with van der Waals surface area (Å²) in [4.78, 5) is 12.3. The molecule has 36 heavy (non-hydrogen) atoms. The molecule has 4 rings (SSSR count). The van der Waals surface area contributed by atoms with Gasteiger partial charge < -0.3 is 4.74 Å². The van der Waals surface area contributed by atoms with E-state index in [4.69, 9.17) is 9.29 Å². The maximum Gasteiger partial charge on any atom is 0.422 e. The first kappa shape index (κ1) is 26.2. The van der Waals surface area contributed by atoms with Crippen molar-refractivity contribution in [2.75, 3.05) is 0 Å². The largest absolute Gasteiger partial charge is 0.445 e. The standard InChI is InChI=1S/C29H35NO5S/c1-3-4-5-8-17-24-20-25-26(35-28(31)30-36(32,33)34)18-19-29(25,21(2)22-13-9-6-10-14-22)27(24)23-15-11-7-12-16-23/h6-7,9-16,25-26H,2-5,8,17-20H2,1H3,(H,30,31)(H,32,33,34)/t25?,26-,29+/m1/s1. The van der Waals surface area contributed by atoms with Gasteiger partial charge in [0.25, 0.3) is 0 Å². The van der Waals surface area contributed by atoms with Gasteiger partial charge in [0, 0.05) is 11.3 Å². The van der Waals surface area contributed by atoms with Crippen molar-refractivity contribution in [2.24, 2.45) is 11.3 Å². The molecule has 3 atom stereocenters. The van der Waals surface area contributed by atoms with Crippen molar-refractivity contribution in [1.82, 2.24) is 4.72 Å². The van der Waals surface area contributed by atoms with Gasteiger partial charge in [0.2, 0.25) is 0 Å². The topological polar surface area (TPSA) is 92.7 Å². The van der Waals surface area contributed by atoms with E-state index in [1.54, 1.807) is 0 Å². The molecule has 0 heterocycles. The molecule has 1 saturated carbocycles. The van der Waals surface area contributed by atoms with Crippen molar-refractivity contribution in [3.63, 3.8) is 0 Å². The SMILES string of the molecule is C=C(c1ccccc1)[C@@]12CC[C@@H](OC(=O)NS(=O)(=O)O)C1CC(CCCCCC)=C2c1ccccc1. The summed E-state index contributed by atoms with van der Waals surface area (Å²) in [5, 5.41) is 0. The summed E-state index contributed by atoms with van der Waals surface area (Å²) in [7, 11) is -4.70. The molecule has 1 fully saturated rings. The average Bonchev–Trinajstić information content (AvgIpc) is 3.36. The van der Waals surface area contributed by atoms with E-state index >= 15 is 0 Å². The Morgan fingerprint density at radius 3 is 2.39 bits per heavy atom. The summed E-state index contributed by atoms with van der Waals surface area (Å²) in [5.74, 6) is -0.0752. The highest BCUT2D eigenvalue weighted by Gasteiger charge is 2.58. The van der Waals surface area contributed by atoms with Crippen LogP contribution in [0.3, 0.4) is 0 Å². The lowest BCUT2D eigenvalue weighted by molar-refractivity contribution is 0.0729. The van der Waals surface area contributed by atoms with Gasteiger partial charge in [-0.3, -0.25) is 4.55 Å². The van der Waals surface area contributed by atoms with Crippen LogP contribution in [0.25, 0.3) is 11.1 Å². The Balaban J connectivity index is 1.77. The Morgan fingerprint density at radius 2 is 1.75 bits per heavy atom. The molecule has 2 N–H and O–H groups in total. The second-order valence-electron chi connectivity index (χ2n) is 9.84. The fraction of sp³-hybridized carbons (Fsp3) is 0.414. The van der Waals surface area contributed by atoms with Gasteiger partial charge in [0.05, 0.1) is 0 Å². The number of benzene rings is 2. The number of allylic oxidation sites excluding steroid dienone is 3. The number of unbranched alkanes of at least 4 members (excludes halogenated alkanes) is 3. The molecular weight excluding hydrogens is 474 g/mol. The molecule has 2 aliphatic rings. The Kier molecular flexibility index (Phi) is 8.00. The van der Waals surface area contributed by atoms with Crippen molar-refractivity contribution in [1.29, 1.82) is 0 Å². The minimum absolute atomic E-state index is 0.0752. The second-order valence-corrected chi connectivity index (χ2v) is 11.0. The molecule has 1 amide bonds. The number of ether oxygens (including phenoxy) is 1. The lowest BCUT2D eigenvalue weighted by Gasteiger charge is -2.37. The van der Waals surface area contributed by atoms with Gasteiger partial charge in [-0.15, -0.1) is 0 Å².